The van der Waals surface area contributed by atoms with Crippen LogP contribution in [0.5, 0.6) is 23.0 Å². The second kappa shape index (κ2) is 7.09. The summed E-state index contributed by atoms with van der Waals surface area (Å²) in [6.45, 7) is 0. The van der Waals surface area contributed by atoms with E-state index < -0.39 is 15.8 Å². The topological polar surface area (TPSA) is 117 Å². The van der Waals surface area contributed by atoms with E-state index in [1.54, 1.807) is 0 Å². The summed E-state index contributed by atoms with van der Waals surface area (Å²) in [7, 11) is -1.10. The fourth-order valence-corrected chi connectivity index (χ4v) is 2.66. The third kappa shape index (κ3) is 3.69. The van der Waals surface area contributed by atoms with Crippen molar-refractivity contribution < 1.29 is 28.1 Å². The van der Waals surface area contributed by atoms with Gasteiger partial charge in [-0.15, -0.1) is 0 Å². The highest BCUT2D eigenvalue weighted by Crippen LogP contribution is 2.29. The number of ether oxygens (including phenoxy) is 2. The van der Waals surface area contributed by atoms with Gasteiger partial charge in [0, 0.05) is 11.6 Å². The molecule has 8 nitrogen and oxygen atoms in total. The number of sulfonamides is 1. The number of aromatic hydroxyl groups is 2. The number of methoxy groups -OCH3 is 2. The van der Waals surface area contributed by atoms with Crippen molar-refractivity contribution in [2.75, 3.05) is 14.2 Å². The Morgan fingerprint density at radius 3 is 2.46 bits per heavy atom. The predicted molar refractivity (Wildman–Crippen MR) is 87.2 cm³/mol. The van der Waals surface area contributed by atoms with Gasteiger partial charge in [-0.05, 0) is 24.3 Å². The Morgan fingerprint density at radius 2 is 1.79 bits per heavy atom. The van der Waals surface area contributed by atoms with Gasteiger partial charge in [-0.3, -0.25) is 0 Å². The Labute approximate surface area is 139 Å². The summed E-state index contributed by atoms with van der Waals surface area (Å²) >= 11 is 0. The van der Waals surface area contributed by atoms with Gasteiger partial charge in [-0.1, -0.05) is 6.07 Å². The molecule has 2 aromatic carbocycles. The van der Waals surface area contributed by atoms with Gasteiger partial charge in [-0.25, -0.2) is 4.83 Å². The standard InChI is InChI=1S/C15H16N2O6S/c1-22-13-7-6-11(8-14(13)23-2)24(20,21)17-16-9-10-4-3-5-12(18)15(10)19/h3-9,17-19H,1-2H3/b16-9-. The summed E-state index contributed by atoms with van der Waals surface area (Å²) in [4.78, 5) is 1.94. The zero-order valence-corrected chi connectivity index (χ0v) is 13.7. The van der Waals surface area contributed by atoms with Crippen LogP contribution in [0.25, 0.3) is 0 Å². The van der Waals surface area contributed by atoms with Crippen molar-refractivity contribution in [3.63, 3.8) is 0 Å². The van der Waals surface area contributed by atoms with Gasteiger partial charge in [0.25, 0.3) is 10.0 Å². The molecule has 0 spiro atoms. The fourth-order valence-electron chi connectivity index (χ4n) is 1.85. The fraction of sp³-hybridized carbons (Fsp3) is 0.133. The summed E-state index contributed by atoms with van der Waals surface area (Å²) in [6, 6.07) is 8.33. The second-order valence-electron chi connectivity index (χ2n) is 4.58. The van der Waals surface area contributed by atoms with Gasteiger partial charge < -0.3 is 19.7 Å². The molecule has 0 bridgehead atoms. The average molecular weight is 352 g/mol. The molecule has 128 valence electrons. The van der Waals surface area contributed by atoms with Crippen molar-refractivity contribution in [2.45, 2.75) is 4.90 Å². The number of nitrogens with one attached hydrogen (secondary N) is 1. The molecule has 2 aromatic rings. The number of benzene rings is 2. The van der Waals surface area contributed by atoms with Crippen molar-refractivity contribution in [2.24, 2.45) is 5.10 Å². The smallest absolute Gasteiger partial charge is 0.276 e. The summed E-state index contributed by atoms with van der Waals surface area (Å²) in [5.74, 6) is -0.0760. The van der Waals surface area contributed by atoms with Crippen molar-refractivity contribution in [1.29, 1.82) is 0 Å². The van der Waals surface area contributed by atoms with Gasteiger partial charge in [0.2, 0.25) is 0 Å². The Bertz CT molecular complexity index is 864. The number of para-hydroxylation sites is 1. The zero-order valence-electron chi connectivity index (χ0n) is 12.9. The van der Waals surface area contributed by atoms with E-state index >= 15 is 0 Å². The molecular weight excluding hydrogens is 336 g/mol. The van der Waals surface area contributed by atoms with Crippen LogP contribution in [-0.2, 0) is 10.0 Å². The molecule has 9 heteroatoms. The third-order valence-electron chi connectivity index (χ3n) is 3.09. The molecule has 0 aromatic heterocycles. The third-order valence-corrected chi connectivity index (χ3v) is 4.31. The molecule has 0 saturated heterocycles. The molecule has 2 rings (SSSR count). The van der Waals surface area contributed by atoms with Crippen molar-refractivity contribution in [1.82, 2.24) is 4.83 Å². The van der Waals surface area contributed by atoms with Crippen LogP contribution in [0.4, 0.5) is 0 Å². The van der Waals surface area contributed by atoms with Gasteiger partial charge in [0.15, 0.2) is 23.0 Å². The lowest BCUT2D eigenvalue weighted by molar-refractivity contribution is 0.354. The van der Waals surface area contributed by atoms with E-state index in [1.165, 1.54) is 50.6 Å². The maximum Gasteiger partial charge on any atom is 0.276 e. The molecule has 0 aliphatic rings. The second-order valence-corrected chi connectivity index (χ2v) is 6.25. The van der Waals surface area contributed by atoms with Crippen LogP contribution >= 0.6 is 0 Å². The molecule has 0 aliphatic carbocycles. The van der Waals surface area contributed by atoms with Gasteiger partial charge in [-0.2, -0.15) is 13.5 Å². The normalized spacial score (nSPS) is 11.4. The summed E-state index contributed by atoms with van der Waals surface area (Å²) < 4.78 is 34.5. The van der Waals surface area contributed by atoms with Gasteiger partial charge >= 0.3 is 0 Å². The largest absolute Gasteiger partial charge is 0.504 e. The van der Waals surface area contributed by atoms with Crippen LogP contribution < -0.4 is 14.3 Å². The summed E-state index contributed by atoms with van der Waals surface area (Å²) in [6.07, 6.45) is 1.08. The maximum atomic E-state index is 12.2. The minimum Gasteiger partial charge on any atom is -0.504 e. The predicted octanol–water partition coefficient (Wildman–Crippen LogP) is 1.43. The van der Waals surface area contributed by atoms with E-state index in [9.17, 15) is 18.6 Å². The Hall–Kier alpha value is -2.94. The SMILES string of the molecule is COc1ccc(S(=O)(=O)N/N=C\c2cccc(O)c2O)cc1OC. The van der Waals surface area contributed by atoms with Crippen LogP contribution in [0.15, 0.2) is 46.4 Å². The summed E-state index contributed by atoms with van der Waals surface area (Å²) in [5.41, 5.74) is 0.157. The molecule has 24 heavy (non-hydrogen) atoms. The highest BCUT2D eigenvalue weighted by Gasteiger charge is 2.16. The molecular formula is C15H16N2O6S. The molecule has 0 fully saturated rings. The number of hydrazone groups is 1. The lowest BCUT2D eigenvalue weighted by Crippen LogP contribution is -2.18. The van der Waals surface area contributed by atoms with Crippen molar-refractivity contribution in [3.05, 3.63) is 42.0 Å². The number of hydrogen-bond donors (Lipinski definition) is 3. The first-order valence-corrected chi connectivity index (χ1v) is 8.15. The van der Waals surface area contributed by atoms with Crippen LogP contribution in [0.1, 0.15) is 5.56 Å². The molecule has 0 amide bonds. The number of hydrogen-bond acceptors (Lipinski definition) is 7. The van der Waals surface area contributed by atoms with E-state index in [4.69, 9.17) is 9.47 Å². The monoisotopic (exact) mass is 352 g/mol. The number of phenolic OH excluding ortho intramolecular Hbond substituents is 2. The van der Waals surface area contributed by atoms with Crippen LogP contribution in [0.3, 0.4) is 0 Å². The molecule has 0 saturated carbocycles. The molecule has 3 N–H and O–H groups in total. The Morgan fingerprint density at radius 1 is 1.08 bits per heavy atom. The minimum atomic E-state index is -3.94. The Balaban J connectivity index is 2.22. The quantitative estimate of drug-likeness (QED) is 0.411. The van der Waals surface area contributed by atoms with Gasteiger partial charge in [0.05, 0.1) is 25.3 Å². The van der Waals surface area contributed by atoms with E-state index in [-0.39, 0.29) is 22.0 Å². The highest BCUT2D eigenvalue weighted by atomic mass is 32.2. The maximum absolute atomic E-state index is 12.2. The lowest BCUT2D eigenvalue weighted by Gasteiger charge is -2.09. The molecule has 0 heterocycles. The average Bonchev–Trinajstić information content (AvgIpc) is 2.57. The van der Waals surface area contributed by atoms with Gasteiger partial charge in [0.1, 0.15) is 0 Å². The van der Waals surface area contributed by atoms with Crippen LogP contribution in [0.2, 0.25) is 0 Å². The van der Waals surface area contributed by atoms with E-state index in [2.05, 4.69) is 5.10 Å². The van der Waals surface area contributed by atoms with E-state index in [0.717, 1.165) is 6.21 Å². The van der Waals surface area contributed by atoms with E-state index in [0.29, 0.717) is 5.75 Å². The van der Waals surface area contributed by atoms with Crippen LogP contribution in [-0.4, -0.2) is 39.1 Å². The first-order valence-electron chi connectivity index (χ1n) is 6.67. The lowest BCUT2D eigenvalue weighted by atomic mass is 10.2. The van der Waals surface area contributed by atoms with Crippen LogP contribution in [0, 0.1) is 0 Å². The highest BCUT2D eigenvalue weighted by molar-refractivity contribution is 7.89. The molecule has 0 radical (unpaired) electrons. The minimum absolute atomic E-state index is 0.0718. The molecule has 0 atom stereocenters. The van der Waals surface area contributed by atoms with Crippen molar-refractivity contribution in [3.8, 4) is 23.0 Å². The number of phenols is 2. The number of rotatable bonds is 6. The Kier molecular flexibility index (Phi) is 5.14. The molecule has 0 aliphatic heterocycles. The zero-order chi connectivity index (χ0) is 17.7. The first kappa shape index (κ1) is 17.4. The molecule has 0 unspecified atom stereocenters. The van der Waals surface area contributed by atoms with Crippen molar-refractivity contribution >= 4 is 16.2 Å². The number of nitrogens with zero attached hydrogens (tertiary/aromatic N) is 1. The summed E-state index contributed by atoms with van der Waals surface area (Å²) in [5, 5.41) is 22.6. The first-order chi connectivity index (χ1) is 11.4. The van der Waals surface area contributed by atoms with E-state index in [1.807, 2.05) is 4.83 Å².